The number of hydrogen-bond donors (Lipinski definition) is 1. The van der Waals surface area contributed by atoms with Gasteiger partial charge >= 0.3 is 6.18 Å². The van der Waals surface area contributed by atoms with Crippen LogP contribution in [0.5, 0.6) is 0 Å². The quantitative estimate of drug-likeness (QED) is 0.387. The molecule has 0 aliphatic carbocycles. The van der Waals surface area contributed by atoms with Crippen molar-refractivity contribution in [2.24, 2.45) is 0 Å². The summed E-state index contributed by atoms with van der Waals surface area (Å²) in [6.45, 7) is 1.73. The molecule has 0 aliphatic heterocycles. The van der Waals surface area contributed by atoms with Crippen molar-refractivity contribution >= 4 is 23.2 Å². The van der Waals surface area contributed by atoms with Crippen molar-refractivity contribution in [3.8, 4) is 5.69 Å². The standard InChI is InChI=1S/C22H16ClF4N5O/c1-13-19(20(23)32(30-13)12-14-3-6-16(24)7-4-14)21(33)29-17-11-15(22(25,26)27)5-8-18(17)31-10-2-9-28-31/h2-11H,12H2,1H3,(H,29,33). The van der Waals surface area contributed by atoms with E-state index in [1.807, 2.05) is 0 Å². The number of hydrogen-bond acceptors (Lipinski definition) is 3. The predicted octanol–water partition coefficient (Wildman–Crippen LogP) is 5.49. The number of rotatable bonds is 5. The highest BCUT2D eigenvalue weighted by atomic mass is 35.5. The van der Waals surface area contributed by atoms with Gasteiger partial charge in [-0.2, -0.15) is 23.4 Å². The van der Waals surface area contributed by atoms with Gasteiger partial charge in [0, 0.05) is 12.4 Å². The lowest BCUT2D eigenvalue weighted by Gasteiger charge is -2.14. The maximum atomic E-state index is 13.3. The number of nitrogens with zero attached hydrogens (tertiary/aromatic N) is 4. The van der Waals surface area contributed by atoms with Crippen LogP contribution in [-0.4, -0.2) is 25.5 Å². The molecule has 0 atom stereocenters. The Kier molecular flexibility index (Phi) is 5.94. The lowest BCUT2D eigenvalue weighted by Crippen LogP contribution is -2.16. The average molecular weight is 478 g/mol. The van der Waals surface area contributed by atoms with E-state index in [-0.39, 0.29) is 34.3 Å². The maximum Gasteiger partial charge on any atom is 0.416 e. The van der Waals surface area contributed by atoms with Crippen LogP contribution in [-0.2, 0) is 12.7 Å². The summed E-state index contributed by atoms with van der Waals surface area (Å²) in [6.07, 6.45) is -1.60. The van der Waals surface area contributed by atoms with Gasteiger partial charge in [-0.25, -0.2) is 13.8 Å². The summed E-state index contributed by atoms with van der Waals surface area (Å²) in [4.78, 5) is 13.0. The smallest absolute Gasteiger partial charge is 0.320 e. The number of benzene rings is 2. The molecule has 2 aromatic carbocycles. The van der Waals surface area contributed by atoms with Crippen LogP contribution < -0.4 is 5.32 Å². The van der Waals surface area contributed by atoms with Crippen molar-refractivity contribution in [2.75, 3.05) is 5.32 Å². The Bertz CT molecular complexity index is 1300. The van der Waals surface area contributed by atoms with E-state index in [0.717, 1.165) is 12.1 Å². The molecule has 4 aromatic rings. The van der Waals surface area contributed by atoms with E-state index in [1.54, 1.807) is 25.1 Å². The fourth-order valence-corrected chi connectivity index (χ4v) is 3.61. The van der Waals surface area contributed by atoms with Gasteiger partial charge < -0.3 is 5.32 Å². The zero-order chi connectivity index (χ0) is 23.8. The van der Waals surface area contributed by atoms with E-state index in [9.17, 15) is 22.4 Å². The van der Waals surface area contributed by atoms with Crippen molar-refractivity contribution in [1.82, 2.24) is 19.6 Å². The third-order valence-corrected chi connectivity index (χ3v) is 5.25. The minimum Gasteiger partial charge on any atom is -0.320 e. The zero-order valence-electron chi connectivity index (χ0n) is 17.1. The highest BCUT2D eigenvalue weighted by Gasteiger charge is 2.32. The van der Waals surface area contributed by atoms with Crippen molar-refractivity contribution in [1.29, 1.82) is 0 Å². The van der Waals surface area contributed by atoms with E-state index < -0.39 is 23.5 Å². The number of anilines is 1. The van der Waals surface area contributed by atoms with Crippen LogP contribution in [0, 0.1) is 12.7 Å². The van der Waals surface area contributed by atoms with Crippen LogP contribution in [0.3, 0.4) is 0 Å². The molecule has 0 fully saturated rings. The van der Waals surface area contributed by atoms with E-state index in [0.29, 0.717) is 5.56 Å². The normalized spacial score (nSPS) is 11.6. The average Bonchev–Trinajstić information content (AvgIpc) is 3.37. The molecular weight excluding hydrogens is 462 g/mol. The number of aromatic nitrogens is 4. The van der Waals surface area contributed by atoms with Crippen molar-refractivity contribution < 1.29 is 22.4 Å². The fourth-order valence-electron chi connectivity index (χ4n) is 3.29. The van der Waals surface area contributed by atoms with Gasteiger partial charge in [-0.1, -0.05) is 23.7 Å². The molecule has 33 heavy (non-hydrogen) atoms. The third kappa shape index (κ3) is 4.75. The van der Waals surface area contributed by atoms with E-state index >= 15 is 0 Å². The third-order valence-electron chi connectivity index (χ3n) is 4.86. The number of halogens is 5. The molecule has 0 spiro atoms. The molecule has 2 aromatic heterocycles. The fraction of sp³-hybridized carbons (Fsp3) is 0.136. The minimum absolute atomic E-state index is 0.00180. The Morgan fingerprint density at radius 2 is 1.88 bits per heavy atom. The predicted molar refractivity (Wildman–Crippen MR) is 114 cm³/mol. The van der Waals surface area contributed by atoms with E-state index in [2.05, 4.69) is 15.5 Å². The van der Waals surface area contributed by atoms with Crippen LogP contribution in [0.15, 0.2) is 60.9 Å². The Morgan fingerprint density at radius 1 is 1.15 bits per heavy atom. The lowest BCUT2D eigenvalue weighted by molar-refractivity contribution is -0.137. The molecule has 2 heterocycles. The first-order valence-electron chi connectivity index (χ1n) is 9.63. The van der Waals surface area contributed by atoms with Crippen LogP contribution in [0.2, 0.25) is 5.15 Å². The van der Waals surface area contributed by atoms with Crippen LogP contribution in [0.25, 0.3) is 5.69 Å². The van der Waals surface area contributed by atoms with Gasteiger partial charge in [-0.3, -0.25) is 4.79 Å². The molecule has 0 bridgehead atoms. The van der Waals surface area contributed by atoms with Gasteiger partial charge in [0.05, 0.1) is 34.7 Å². The van der Waals surface area contributed by atoms with Crippen molar-refractivity contribution in [3.63, 3.8) is 0 Å². The topological polar surface area (TPSA) is 64.7 Å². The molecule has 1 N–H and O–H groups in total. The number of alkyl halides is 3. The summed E-state index contributed by atoms with van der Waals surface area (Å²) in [5.74, 6) is -1.12. The summed E-state index contributed by atoms with van der Waals surface area (Å²) in [6, 6.07) is 10.3. The molecule has 0 aliphatic rings. The molecule has 6 nitrogen and oxygen atoms in total. The summed E-state index contributed by atoms with van der Waals surface area (Å²) >= 11 is 6.38. The number of aryl methyl sites for hydroxylation is 1. The maximum absolute atomic E-state index is 13.3. The first kappa shape index (κ1) is 22.5. The zero-order valence-corrected chi connectivity index (χ0v) is 17.8. The Hall–Kier alpha value is -3.66. The van der Waals surface area contributed by atoms with Gasteiger partial charge in [-0.05, 0) is 48.9 Å². The second-order valence-corrected chi connectivity index (χ2v) is 7.53. The molecule has 0 saturated heterocycles. The number of nitrogens with one attached hydrogen (secondary N) is 1. The number of carbonyl (C=O) groups is 1. The molecule has 0 unspecified atom stereocenters. The molecule has 4 rings (SSSR count). The SMILES string of the molecule is Cc1nn(Cc2ccc(F)cc2)c(Cl)c1C(=O)Nc1cc(C(F)(F)F)ccc1-n1cccn1. The van der Waals surface area contributed by atoms with Crippen molar-refractivity contribution in [2.45, 2.75) is 19.6 Å². The van der Waals surface area contributed by atoms with Crippen molar-refractivity contribution in [3.05, 3.63) is 94.3 Å². The molecule has 0 saturated carbocycles. The van der Waals surface area contributed by atoms with Gasteiger partial charge in [0.25, 0.3) is 5.91 Å². The highest BCUT2D eigenvalue weighted by Crippen LogP contribution is 2.34. The first-order chi connectivity index (χ1) is 15.6. The monoisotopic (exact) mass is 477 g/mol. The van der Waals surface area contributed by atoms with Gasteiger partial charge in [0.1, 0.15) is 11.0 Å². The Labute approximate surface area is 190 Å². The Balaban J connectivity index is 1.67. The highest BCUT2D eigenvalue weighted by molar-refractivity contribution is 6.33. The summed E-state index contributed by atoms with van der Waals surface area (Å²) in [7, 11) is 0. The molecular formula is C22H16ClF4N5O. The van der Waals surface area contributed by atoms with E-state index in [1.165, 1.54) is 40.0 Å². The number of carbonyl (C=O) groups excluding carboxylic acids is 1. The molecule has 11 heteroatoms. The molecule has 170 valence electrons. The van der Waals surface area contributed by atoms with Crippen LogP contribution in [0.1, 0.15) is 27.2 Å². The second kappa shape index (κ2) is 8.70. The second-order valence-electron chi connectivity index (χ2n) is 7.17. The van der Waals surface area contributed by atoms with Crippen LogP contribution in [0.4, 0.5) is 23.2 Å². The largest absolute Gasteiger partial charge is 0.416 e. The molecule has 1 amide bonds. The summed E-state index contributed by atoms with van der Waals surface area (Å²) in [5.41, 5.74) is 0.221. The summed E-state index contributed by atoms with van der Waals surface area (Å²) < 4.78 is 55.7. The number of amides is 1. The van der Waals surface area contributed by atoms with E-state index in [4.69, 9.17) is 11.6 Å². The lowest BCUT2D eigenvalue weighted by atomic mass is 10.1. The van der Waals surface area contributed by atoms with Gasteiger partial charge in [0.2, 0.25) is 0 Å². The minimum atomic E-state index is -4.60. The Morgan fingerprint density at radius 3 is 2.52 bits per heavy atom. The molecule has 0 radical (unpaired) electrons. The van der Waals surface area contributed by atoms with Crippen LogP contribution >= 0.6 is 11.6 Å². The first-order valence-corrected chi connectivity index (χ1v) is 10.0. The van der Waals surface area contributed by atoms with Gasteiger partial charge in [-0.15, -0.1) is 0 Å². The summed E-state index contributed by atoms with van der Waals surface area (Å²) in [5, 5.41) is 10.8. The van der Waals surface area contributed by atoms with Gasteiger partial charge in [0.15, 0.2) is 0 Å².